The molecule has 2 amide bonds. The fraction of sp³-hybridized carbons (Fsp3) is 0.143. The van der Waals surface area contributed by atoms with Crippen molar-refractivity contribution in [1.29, 1.82) is 0 Å². The molecule has 1 atom stereocenters. The molecule has 5 nitrogen and oxygen atoms in total. The SMILES string of the molecule is O=C(Nc1ccccc1F)c1ccc(C2SCC(=O)N2Cc2ccco2)cc1. The van der Waals surface area contributed by atoms with Crippen molar-refractivity contribution in [3.63, 3.8) is 0 Å². The van der Waals surface area contributed by atoms with Crippen molar-refractivity contribution in [2.24, 2.45) is 0 Å². The highest BCUT2D eigenvalue weighted by molar-refractivity contribution is 8.00. The van der Waals surface area contributed by atoms with E-state index in [9.17, 15) is 14.0 Å². The molecule has 0 aliphatic carbocycles. The first-order valence-electron chi connectivity index (χ1n) is 8.71. The van der Waals surface area contributed by atoms with Crippen LogP contribution in [0.4, 0.5) is 10.1 Å². The van der Waals surface area contributed by atoms with Crippen LogP contribution >= 0.6 is 11.8 Å². The third-order valence-corrected chi connectivity index (χ3v) is 5.71. The van der Waals surface area contributed by atoms with Gasteiger partial charge >= 0.3 is 0 Å². The average molecular weight is 396 g/mol. The van der Waals surface area contributed by atoms with E-state index in [1.165, 1.54) is 23.9 Å². The molecule has 1 N–H and O–H groups in total. The van der Waals surface area contributed by atoms with Crippen molar-refractivity contribution < 1.29 is 18.4 Å². The van der Waals surface area contributed by atoms with Gasteiger partial charge in [0.05, 0.1) is 24.2 Å². The van der Waals surface area contributed by atoms with Crippen LogP contribution in [0.5, 0.6) is 0 Å². The summed E-state index contributed by atoms with van der Waals surface area (Å²) in [5.74, 6) is 0.302. The van der Waals surface area contributed by atoms with Crippen LogP contribution in [0, 0.1) is 5.82 Å². The third kappa shape index (κ3) is 3.80. The fourth-order valence-electron chi connectivity index (χ4n) is 3.03. The highest BCUT2D eigenvalue weighted by Crippen LogP contribution is 2.39. The summed E-state index contributed by atoms with van der Waals surface area (Å²) in [5, 5.41) is 2.43. The number of hydrogen-bond acceptors (Lipinski definition) is 4. The molecule has 0 spiro atoms. The van der Waals surface area contributed by atoms with Gasteiger partial charge in [-0.2, -0.15) is 0 Å². The Labute approximate surface area is 165 Å². The molecule has 1 saturated heterocycles. The summed E-state index contributed by atoms with van der Waals surface area (Å²) in [6, 6.07) is 16.7. The number of halogens is 1. The number of nitrogens with zero attached hydrogens (tertiary/aromatic N) is 1. The van der Waals surface area contributed by atoms with Crippen LogP contribution in [0.2, 0.25) is 0 Å². The molecule has 3 aromatic rings. The van der Waals surface area contributed by atoms with Gasteiger partial charge in [0.25, 0.3) is 5.91 Å². The Hall–Kier alpha value is -3.06. The van der Waals surface area contributed by atoms with Crippen molar-refractivity contribution in [3.05, 3.63) is 89.6 Å². The molecule has 1 aliphatic heterocycles. The van der Waals surface area contributed by atoms with Gasteiger partial charge in [0.1, 0.15) is 17.0 Å². The Balaban J connectivity index is 1.48. The second kappa shape index (κ2) is 7.90. The molecule has 4 rings (SSSR count). The first-order chi connectivity index (χ1) is 13.6. The minimum absolute atomic E-state index is 0.0489. The highest BCUT2D eigenvalue weighted by Gasteiger charge is 2.33. The van der Waals surface area contributed by atoms with Crippen molar-refractivity contribution in [3.8, 4) is 0 Å². The lowest BCUT2D eigenvalue weighted by Crippen LogP contribution is -2.27. The zero-order chi connectivity index (χ0) is 19.5. The van der Waals surface area contributed by atoms with E-state index >= 15 is 0 Å². The van der Waals surface area contributed by atoms with E-state index in [-0.39, 0.29) is 22.9 Å². The zero-order valence-electron chi connectivity index (χ0n) is 14.8. The van der Waals surface area contributed by atoms with Gasteiger partial charge < -0.3 is 14.6 Å². The number of amides is 2. The maximum Gasteiger partial charge on any atom is 0.255 e. The van der Waals surface area contributed by atoms with E-state index in [0.29, 0.717) is 17.9 Å². The Kier molecular flexibility index (Phi) is 5.16. The first kappa shape index (κ1) is 18.3. The predicted molar refractivity (Wildman–Crippen MR) is 105 cm³/mol. The van der Waals surface area contributed by atoms with Gasteiger partial charge in [0.15, 0.2) is 0 Å². The number of nitrogens with one attached hydrogen (secondary N) is 1. The molecule has 0 radical (unpaired) electrons. The largest absolute Gasteiger partial charge is 0.467 e. The summed E-state index contributed by atoms with van der Waals surface area (Å²) in [4.78, 5) is 26.4. The van der Waals surface area contributed by atoms with E-state index < -0.39 is 5.82 Å². The summed E-state index contributed by atoms with van der Waals surface area (Å²) in [6.07, 6.45) is 1.58. The lowest BCUT2D eigenvalue weighted by molar-refractivity contribution is -0.128. The highest BCUT2D eigenvalue weighted by atomic mass is 32.2. The van der Waals surface area contributed by atoms with Crippen LogP contribution in [-0.2, 0) is 11.3 Å². The number of rotatable bonds is 5. The van der Waals surface area contributed by atoms with E-state index in [2.05, 4.69) is 5.32 Å². The van der Waals surface area contributed by atoms with Crippen LogP contribution < -0.4 is 5.32 Å². The monoisotopic (exact) mass is 396 g/mol. The molecule has 1 unspecified atom stereocenters. The molecular formula is C21H17FN2O3S. The van der Waals surface area contributed by atoms with Crippen LogP contribution in [-0.4, -0.2) is 22.5 Å². The summed E-state index contributed by atoms with van der Waals surface area (Å²) in [7, 11) is 0. The quantitative estimate of drug-likeness (QED) is 0.692. The molecule has 2 heterocycles. The predicted octanol–water partition coefficient (Wildman–Crippen LogP) is 4.45. The number of para-hydroxylation sites is 1. The molecule has 7 heteroatoms. The van der Waals surface area contributed by atoms with Gasteiger partial charge in [-0.3, -0.25) is 9.59 Å². The average Bonchev–Trinajstić information content (AvgIpc) is 3.35. The van der Waals surface area contributed by atoms with E-state index in [4.69, 9.17) is 4.42 Å². The fourth-order valence-corrected chi connectivity index (χ4v) is 4.22. The summed E-state index contributed by atoms with van der Waals surface area (Å²) >= 11 is 1.54. The summed E-state index contributed by atoms with van der Waals surface area (Å²) in [5.41, 5.74) is 1.47. The Morgan fingerprint density at radius 3 is 2.64 bits per heavy atom. The first-order valence-corrected chi connectivity index (χ1v) is 9.76. The normalized spacial score (nSPS) is 16.4. The number of hydrogen-bond donors (Lipinski definition) is 1. The van der Waals surface area contributed by atoms with Gasteiger partial charge in [-0.05, 0) is 42.0 Å². The number of carbonyl (C=O) groups is 2. The maximum absolute atomic E-state index is 13.7. The van der Waals surface area contributed by atoms with Crippen molar-refractivity contribution in [2.45, 2.75) is 11.9 Å². The molecule has 1 aromatic heterocycles. The van der Waals surface area contributed by atoms with Crippen LogP contribution in [0.3, 0.4) is 0 Å². The number of benzene rings is 2. The van der Waals surface area contributed by atoms with E-state index in [1.54, 1.807) is 41.5 Å². The summed E-state index contributed by atoms with van der Waals surface area (Å²) in [6.45, 7) is 0.402. The molecule has 2 aromatic carbocycles. The lowest BCUT2D eigenvalue weighted by Gasteiger charge is -2.23. The van der Waals surface area contributed by atoms with Gasteiger partial charge in [0, 0.05) is 5.56 Å². The van der Waals surface area contributed by atoms with Crippen LogP contribution in [0.15, 0.2) is 71.3 Å². The zero-order valence-corrected chi connectivity index (χ0v) is 15.6. The van der Waals surface area contributed by atoms with Crippen molar-refractivity contribution in [2.75, 3.05) is 11.1 Å². The van der Waals surface area contributed by atoms with Crippen molar-refractivity contribution in [1.82, 2.24) is 4.90 Å². The second-order valence-corrected chi connectivity index (χ2v) is 7.39. The van der Waals surface area contributed by atoms with Crippen LogP contribution in [0.25, 0.3) is 0 Å². The van der Waals surface area contributed by atoms with E-state index in [1.807, 2.05) is 18.2 Å². The molecule has 1 fully saturated rings. The topological polar surface area (TPSA) is 62.6 Å². The Morgan fingerprint density at radius 1 is 1.14 bits per heavy atom. The van der Waals surface area contributed by atoms with Gasteiger partial charge in [0.2, 0.25) is 5.91 Å². The number of anilines is 1. The van der Waals surface area contributed by atoms with Crippen LogP contribution in [0.1, 0.15) is 27.1 Å². The third-order valence-electron chi connectivity index (χ3n) is 4.45. The standard InChI is InChI=1S/C21H17FN2O3S/c22-17-5-1-2-6-18(17)23-20(26)14-7-9-15(10-8-14)21-24(19(25)13-28-21)12-16-4-3-11-27-16/h1-11,21H,12-13H2,(H,23,26). The molecule has 0 bridgehead atoms. The van der Waals surface area contributed by atoms with Gasteiger partial charge in [-0.1, -0.05) is 24.3 Å². The van der Waals surface area contributed by atoms with Gasteiger partial charge in [-0.15, -0.1) is 11.8 Å². The number of carbonyl (C=O) groups excluding carboxylic acids is 2. The lowest BCUT2D eigenvalue weighted by atomic mass is 10.1. The minimum atomic E-state index is -0.484. The smallest absolute Gasteiger partial charge is 0.255 e. The molecule has 0 saturated carbocycles. The van der Waals surface area contributed by atoms with E-state index in [0.717, 1.165) is 11.3 Å². The molecular weight excluding hydrogens is 379 g/mol. The maximum atomic E-state index is 13.7. The Morgan fingerprint density at radius 2 is 1.93 bits per heavy atom. The van der Waals surface area contributed by atoms with Gasteiger partial charge in [-0.25, -0.2) is 4.39 Å². The number of furan rings is 1. The number of thioether (sulfide) groups is 1. The van der Waals surface area contributed by atoms with Crippen molar-refractivity contribution >= 4 is 29.3 Å². The Bertz CT molecular complexity index is 989. The molecule has 1 aliphatic rings. The summed E-state index contributed by atoms with van der Waals surface area (Å²) < 4.78 is 19.1. The molecule has 142 valence electrons. The minimum Gasteiger partial charge on any atom is -0.467 e. The second-order valence-electron chi connectivity index (χ2n) is 6.32. The molecule has 28 heavy (non-hydrogen) atoms.